The molecule has 0 radical (unpaired) electrons. The summed E-state index contributed by atoms with van der Waals surface area (Å²) in [5.74, 6) is -0.223. The SMILES string of the molecule is Cc1ccc(-c2[nH]ncc2/C=N\NC(=O)c2csc3ccccc23)cc1. The average molecular weight is 360 g/mol. The van der Waals surface area contributed by atoms with Gasteiger partial charge >= 0.3 is 0 Å². The summed E-state index contributed by atoms with van der Waals surface area (Å²) in [6.07, 6.45) is 3.29. The van der Waals surface area contributed by atoms with E-state index in [1.807, 2.05) is 60.8 Å². The molecule has 0 aliphatic carbocycles. The molecular weight excluding hydrogens is 344 g/mol. The smallest absolute Gasteiger partial charge is 0.272 e. The lowest BCUT2D eigenvalue weighted by molar-refractivity contribution is 0.0957. The van der Waals surface area contributed by atoms with Gasteiger partial charge in [0.05, 0.1) is 23.7 Å². The first-order valence-electron chi connectivity index (χ1n) is 8.12. The molecule has 0 fully saturated rings. The molecule has 2 aromatic carbocycles. The molecule has 2 heterocycles. The number of carbonyl (C=O) groups is 1. The van der Waals surface area contributed by atoms with Crippen molar-refractivity contribution in [3.05, 3.63) is 76.8 Å². The fraction of sp³-hybridized carbons (Fsp3) is 0.0500. The lowest BCUT2D eigenvalue weighted by Gasteiger charge is -2.01. The maximum absolute atomic E-state index is 12.4. The van der Waals surface area contributed by atoms with Crippen LogP contribution in [0.3, 0.4) is 0 Å². The van der Waals surface area contributed by atoms with Gasteiger partial charge in [-0.15, -0.1) is 11.3 Å². The second-order valence-corrected chi connectivity index (χ2v) is 6.82. The van der Waals surface area contributed by atoms with E-state index in [1.165, 1.54) is 5.56 Å². The number of amides is 1. The minimum atomic E-state index is -0.223. The van der Waals surface area contributed by atoms with Crippen LogP contribution in [0.15, 0.2) is 65.2 Å². The number of fused-ring (bicyclic) bond motifs is 1. The molecule has 0 spiro atoms. The minimum Gasteiger partial charge on any atom is -0.277 e. The van der Waals surface area contributed by atoms with Crippen molar-refractivity contribution in [3.63, 3.8) is 0 Å². The summed E-state index contributed by atoms with van der Waals surface area (Å²) < 4.78 is 1.08. The van der Waals surface area contributed by atoms with Crippen LogP contribution in [0.25, 0.3) is 21.3 Å². The molecule has 5 nitrogen and oxygen atoms in total. The monoisotopic (exact) mass is 360 g/mol. The Morgan fingerprint density at radius 1 is 1.19 bits per heavy atom. The Hall–Kier alpha value is -3.25. The zero-order valence-corrected chi connectivity index (χ0v) is 14.9. The van der Waals surface area contributed by atoms with Crippen molar-refractivity contribution in [2.45, 2.75) is 6.92 Å². The van der Waals surface area contributed by atoms with E-state index in [4.69, 9.17) is 0 Å². The van der Waals surface area contributed by atoms with Gasteiger partial charge in [0, 0.05) is 26.6 Å². The molecular formula is C20H16N4OS. The first-order valence-corrected chi connectivity index (χ1v) is 9.00. The van der Waals surface area contributed by atoms with E-state index in [9.17, 15) is 4.79 Å². The molecule has 2 N–H and O–H groups in total. The Morgan fingerprint density at radius 2 is 2.00 bits per heavy atom. The van der Waals surface area contributed by atoms with Crippen LogP contribution in [0.5, 0.6) is 0 Å². The summed E-state index contributed by atoms with van der Waals surface area (Å²) in [6.45, 7) is 2.04. The molecule has 0 saturated carbocycles. The van der Waals surface area contributed by atoms with Crippen molar-refractivity contribution in [2.24, 2.45) is 5.10 Å². The van der Waals surface area contributed by atoms with E-state index < -0.39 is 0 Å². The second-order valence-electron chi connectivity index (χ2n) is 5.91. The molecule has 0 aliphatic rings. The Balaban J connectivity index is 1.52. The lowest BCUT2D eigenvalue weighted by Crippen LogP contribution is -2.17. The van der Waals surface area contributed by atoms with E-state index in [2.05, 4.69) is 20.7 Å². The van der Waals surface area contributed by atoms with Crippen molar-refractivity contribution < 1.29 is 4.79 Å². The molecule has 1 amide bonds. The van der Waals surface area contributed by atoms with Crippen LogP contribution >= 0.6 is 11.3 Å². The highest BCUT2D eigenvalue weighted by Crippen LogP contribution is 2.25. The van der Waals surface area contributed by atoms with E-state index in [1.54, 1.807) is 23.7 Å². The van der Waals surface area contributed by atoms with Gasteiger partial charge in [-0.3, -0.25) is 9.89 Å². The number of hydrazone groups is 1. The molecule has 0 unspecified atom stereocenters. The summed E-state index contributed by atoms with van der Waals surface area (Å²) in [5, 5.41) is 14.0. The van der Waals surface area contributed by atoms with Gasteiger partial charge in [-0.25, -0.2) is 5.43 Å². The molecule has 0 aliphatic heterocycles. The van der Waals surface area contributed by atoms with Crippen LogP contribution < -0.4 is 5.43 Å². The van der Waals surface area contributed by atoms with Gasteiger partial charge in [-0.2, -0.15) is 10.2 Å². The molecule has 2 aromatic heterocycles. The molecule has 0 atom stereocenters. The van der Waals surface area contributed by atoms with Crippen LogP contribution in [0.2, 0.25) is 0 Å². The Bertz CT molecular complexity index is 1090. The standard InChI is InChI=1S/C20H16N4OS/c1-13-6-8-14(9-7-13)19-15(10-21-23-19)11-22-24-20(25)17-12-26-18-5-3-2-4-16(17)18/h2-12H,1H3,(H,21,23)(H,24,25)/b22-11-. The van der Waals surface area contributed by atoms with Gasteiger partial charge in [0.15, 0.2) is 0 Å². The Labute approximate surface area is 154 Å². The third-order valence-electron chi connectivity index (χ3n) is 4.10. The summed E-state index contributed by atoms with van der Waals surface area (Å²) >= 11 is 1.55. The van der Waals surface area contributed by atoms with Crippen molar-refractivity contribution >= 4 is 33.5 Å². The second kappa shape index (κ2) is 6.93. The Morgan fingerprint density at radius 3 is 2.85 bits per heavy atom. The van der Waals surface area contributed by atoms with Crippen molar-refractivity contribution in [2.75, 3.05) is 0 Å². The number of benzene rings is 2. The maximum Gasteiger partial charge on any atom is 0.272 e. The molecule has 6 heteroatoms. The topological polar surface area (TPSA) is 70.1 Å². The van der Waals surface area contributed by atoms with Crippen molar-refractivity contribution in [3.8, 4) is 11.3 Å². The predicted molar refractivity (Wildman–Crippen MR) is 106 cm³/mol. The zero-order chi connectivity index (χ0) is 17.9. The number of nitrogens with one attached hydrogen (secondary N) is 2. The zero-order valence-electron chi connectivity index (χ0n) is 14.1. The third-order valence-corrected chi connectivity index (χ3v) is 5.07. The van der Waals surface area contributed by atoms with Gasteiger partial charge < -0.3 is 0 Å². The normalized spacial score (nSPS) is 11.3. The number of aromatic amines is 1. The first kappa shape index (κ1) is 16.2. The van der Waals surface area contributed by atoms with Gasteiger partial charge in [0.1, 0.15) is 0 Å². The van der Waals surface area contributed by atoms with Crippen LogP contribution in [0, 0.1) is 6.92 Å². The highest BCUT2D eigenvalue weighted by Gasteiger charge is 2.11. The quantitative estimate of drug-likeness (QED) is 0.419. The molecule has 26 heavy (non-hydrogen) atoms. The first-order chi connectivity index (χ1) is 12.7. The molecule has 0 saturated heterocycles. The van der Waals surface area contributed by atoms with Crippen LogP contribution in [0.4, 0.5) is 0 Å². The third kappa shape index (κ3) is 3.14. The van der Waals surface area contributed by atoms with E-state index in [-0.39, 0.29) is 5.91 Å². The summed E-state index contributed by atoms with van der Waals surface area (Å²) in [6, 6.07) is 16.0. The number of aromatic nitrogens is 2. The van der Waals surface area contributed by atoms with E-state index in [0.29, 0.717) is 5.56 Å². The number of thiophene rings is 1. The fourth-order valence-corrected chi connectivity index (χ4v) is 3.66. The van der Waals surface area contributed by atoms with Crippen molar-refractivity contribution in [1.82, 2.24) is 15.6 Å². The number of hydrogen-bond donors (Lipinski definition) is 2. The summed E-state index contributed by atoms with van der Waals surface area (Å²) in [7, 11) is 0. The fourth-order valence-electron chi connectivity index (χ4n) is 2.72. The largest absolute Gasteiger partial charge is 0.277 e. The Kier molecular flexibility index (Phi) is 4.33. The number of H-pyrrole nitrogens is 1. The molecule has 4 aromatic rings. The number of carbonyl (C=O) groups excluding carboxylic acids is 1. The summed E-state index contributed by atoms with van der Waals surface area (Å²) in [5.41, 5.74) is 7.12. The van der Waals surface area contributed by atoms with E-state index in [0.717, 1.165) is 26.9 Å². The molecule has 128 valence electrons. The molecule has 4 rings (SSSR count). The lowest BCUT2D eigenvalue weighted by atomic mass is 10.1. The number of rotatable bonds is 4. The van der Waals surface area contributed by atoms with Gasteiger partial charge in [-0.1, -0.05) is 48.0 Å². The van der Waals surface area contributed by atoms with Gasteiger partial charge in [0.25, 0.3) is 5.91 Å². The number of hydrogen-bond acceptors (Lipinski definition) is 4. The van der Waals surface area contributed by atoms with Crippen LogP contribution in [0.1, 0.15) is 21.5 Å². The predicted octanol–water partition coefficient (Wildman–Crippen LogP) is 4.36. The summed E-state index contributed by atoms with van der Waals surface area (Å²) in [4.78, 5) is 12.4. The minimum absolute atomic E-state index is 0.223. The molecule has 0 bridgehead atoms. The van der Waals surface area contributed by atoms with Gasteiger partial charge in [-0.05, 0) is 13.0 Å². The number of nitrogens with zero attached hydrogens (tertiary/aromatic N) is 2. The van der Waals surface area contributed by atoms with Gasteiger partial charge in [0.2, 0.25) is 0 Å². The van der Waals surface area contributed by atoms with Crippen LogP contribution in [-0.2, 0) is 0 Å². The highest BCUT2D eigenvalue weighted by atomic mass is 32.1. The number of aryl methyl sites for hydroxylation is 1. The maximum atomic E-state index is 12.4. The van der Waals surface area contributed by atoms with Crippen molar-refractivity contribution in [1.29, 1.82) is 0 Å². The highest BCUT2D eigenvalue weighted by molar-refractivity contribution is 7.17. The van der Waals surface area contributed by atoms with E-state index >= 15 is 0 Å². The van der Waals surface area contributed by atoms with Crippen LogP contribution in [-0.4, -0.2) is 22.3 Å². The average Bonchev–Trinajstić information content (AvgIpc) is 3.29.